The molecule has 0 spiro atoms. The molecule has 6 rings (SSSR count). The fourth-order valence-corrected chi connectivity index (χ4v) is 54.4. The molecule has 0 saturated heterocycles. The molecule has 4 aromatic rings. The summed E-state index contributed by atoms with van der Waals surface area (Å²) in [6.45, 7) is 4.57. The third-order valence-electron chi connectivity index (χ3n) is 9.20. The van der Waals surface area contributed by atoms with Crippen molar-refractivity contribution in [1.29, 1.82) is 0 Å². The van der Waals surface area contributed by atoms with Gasteiger partial charge < -0.3 is 0 Å². The van der Waals surface area contributed by atoms with E-state index in [4.69, 9.17) is 0 Å². The molecule has 0 aliphatic heterocycles. The van der Waals surface area contributed by atoms with Gasteiger partial charge in [-0.1, -0.05) is 0 Å². The zero-order valence-corrected chi connectivity index (χ0v) is 31.9. The number of allylic oxidation sites excluding steroid dienone is 8. The van der Waals surface area contributed by atoms with E-state index in [1.165, 1.54) is 41.2 Å². The second-order valence-corrected chi connectivity index (χ2v) is 54.3. The predicted octanol–water partition coefficient (Wildman–Crippen LogP) is 8.52. The Bertz CT molecular complexity index is 1670. The number of halogens is 4. The smallest absolute Gasteiger partial charge is 0.147 e. The first-order valence-corrected chi connectivity index (χ1v) is 35.7. The minimum atomic E-state index is -4.57. The third-order valence-corrected chi connectivity index (χ3v) is 63.2. The van der Waals surface area contributed by atoms with Crippen molar-refractivity contribution in [1.82, 2.24) is 0 Å². The summed E-state index contributed by atoms with van der Waals surface area (Å²) < 4.78 is 33.8. The summed E-state index contributed by atoms with van der Waals surface area (Å²) in [7, 11) is 0. The van der Waals surface area contributed by atoms with E-state index in [2.05, 4.69) is 86.7 Å². The summed E-state index contributed by atoms with van der Waals surface area (Å²) in [6.07, 6.45) is 6.55. The van der Waals surface area contributed by atoms with Crippen molar-refractivity contribution in [3.05, 3.63) is 162 Å². The van der Waals surface area contributed by atoms with Gasteiger partial charge in [0.15, 0.2) is 0 Å². The van der Waals surface area contributed by atoms with Gasteiger partial charge in [0.2, 0.25) is 0 Å². The van der Waals surface area contributed by atoms with Gasteiger partial charge in [-0.15, -0.1) is 24.8 Å². The van der Waals surface area contributed by atoms with E-state index in [1.54, 1.807) is 30.9 Å². The summed E-state index contributed by atoms with van der Waals surface area (Å²) in [6, 6.07) is 36.4. The molecular weight excluding hydrogens is 792 g/mol. The van der Waals surface area contributed by atoms with Gasteiger partial charge in [0.25, 0.3) is 0 Å². The molecule has 0 unspecified atom stereocenters. The number of hydrogen-bond acceptors (Lipinski definition) is 0. The first kappa shape index (κ1) is 32.6. The summed E-state index contributed by atoms with van der Waals surface area (Å²) in [4.78, 5) is 0. The average Bonchev–Trinajstić information content (AvgIpc) is 3.58. The largest absolute Gasteiger partial charge is 0.147 e. The molecule has 0 atom stereocenters. The maximum Gasteiger partial charge on any atom is -0.147 e. The van der Waals surface area contributed by atoms with Crippen molar-refractivity contribution in [2.75, 3.05) is 0 Å². The van der Waals surface area contributed by atoms with E-state index in [0.717, 1.165) is 24.0 Å². The summed E-state index contributed by atoms with van der Waals surface area (Å²) in [5.41, 5.74) is 7.28. The van der Waals surface area contributed by atoms with Gasteiger partial charge in [-0.3, -0.25) is 0 Å². The molecule has 0 heterocycles. The SMILES string of the molecule is CC1=[C]([Hf](=[GeH2])([C]2=C(C)C(c3ccc(F)cc3)=CC2)([c]2ccccc2)[c]2ccccc2)CC=C1c1ccc(F)cc1.Cl.Cl. The molecule has 0 bridgehead atoms. The van der Waals surface area contributed by atoms with Crippen LogP contribution in [0.3, 0.4) is 0 Å². The fourth-order valence-electron chi connectivity index (χ4n) is 7.21. The topological polar surface area (TPSA) is 0 Å². The van der Waals surface area contributed by atoms with Crippen LogP contribution < -0.4 is 6.64 Å². The van der Waals surface area contributed by atoms with Crippen molar-refractivity contribution in [2.45, 2.75) is 26.7 Å². The molecule has 0 nitrogen and oxygen atoms in total. The molecule has 42 heavy (non-hydrogen) atoms. The van der Waals surface area contributed by atoms with Gasteiger partial charge >= 0.3 is 243 Å². The van der Waals surface area contributed by atoms with Gasteiger partial charge in [-0.25, -0.2) is 0 Å². The number of hydrogen-bond donors (Lipinski definition) is 0. The van der Waals surface area contributed by atoms with Gasteiger partial charge in [-0.2, -0.15) is 0 Å². The van der Waals surface area contributed by atoms with Crippen LogP contribution in [-0.2, 0) is 15.4 Å². The predicted molar refractivity (Wildman–Crippen MR) is 179 cm³/mol. The second kappa shape index (κ2) is 12.7. The molecular formula is C36H34Cl2F2GeHf. The Balaban J connectivity index is 0.00000202. The summed E-state index contributed by atoms with van der Waals surface area (Å²) in [5, 5.41) is 0. The first-order valence-electron chi connectivity index (χ1n) is 13.8. The van der Waals surface area contributed by atoms with Gasteiger partial charge in [0.05, 0.1) is 0 Å². The maximum atomic E-state index is 13.8. The minimum absolute atomic E-state index is 0. The Kier molecular flexibility index (Phi) is 9.89. The Morgan fingerprint density at radius 1 is 0.524 bits per heavy atom. The molecule has 2 aliphatic carbocycles. The van der Waals surface area contributed by atoms with Crippen LogP contribution >= 0.6 is 24.8 Å². The van der Waals surface area contributed by atoms with E-state index in [0.29, 0.717) is 0 Å². The molecule has 4 aromatic carbocycles. The van der Waals surface area contributed by atoms with Gasteiger partial charge in [-0.05, 0) is 0 Å². The Labute approximate surface area is 265 Å². The molecule has 0 radical (unpaired) electrons. The number of benzene rings is 4. The molecule has 2 aliphatic rings. The van der Waals surface area contributed by atoms with Crippen molar-refractivity contribution in [3.8, 4) is 0 Å². The molecule has 0 aromatic heterocycles. The van der Waals surface area contributed by atoms with E-state index in [1.807, 2.05) is 24.3 Å². The van der Waals surface area contributed by atoms with Crippen LogP contribution in [-0.4, -0.2) is 12.2 Å². The van der Waals surface area contributed by atoms with Crippen LogP contribution in [0.25, 0.3) is 11.1 Å². The minimum Gasteiger partial charge on any atom is -0.147 e. The monoisotopic (exact) mass is 828 g/mol. The van der Waals surface area contributed by atoms with Crippen molar-refractivity contribution >= 4 is 54.8 Å². The van der Waals surface area contributed by atoms with Crippen molar-refractivity contribution < 1.29 is 24.2 Å². The molecule has 6 heteroatoms. The maximum absolute atomic E-state index is 13.8. The van der Waals surface area contributed by atoms with Crippen LogP contribution in [0.5, 0.6) is 0 Å². The van der Waals surface area contributed by atoms with Crippen LogP contribution in [0.1, 0.15) is 37.8 Å². The average molecular weight is 827 g/mol. The van der Waals surface area contributed by atoms with Crippen LogP contribution in [0.2, 0.25) is 0 Å². The standard InChI is InChI=1S/2C12H10F.2C6H5.2ClH.GeH2.Hf/c2*1-9-3-2-4-12(9)10-5-7-11(13)8-6-10;2*1-2-4-6-5-3-1;;;;/h2*4-8H,2H2,1H3;2*1-5H;2*1H;1H2;. The molecule has 0 amide bonds. The molecule has 0 fully saturated rings. The van der Waals surface area contributed by atoms with E-state index in [-0.39, 0.29) is 36.4 Å². The second-order valence-electron chi connectivity index (χ2n) is 11.1. The molecule has 214 valence electrons. The van der Waals surface area contributed by atoms with Gasteiger partial charge in [0, 0.05) is 0 Å². The van der Waals surface area contributed by atoms with Crippen molar-refractivity contribution in [2.24, 2.45) is 0 Å². The van der Waals surface area contributed by atoms with Crippen LogP contribution in [0.4, 0.5) is 8.78 Å². The summed E-state index contributed by atoms with van der Waals surface area (Å²) >= 11 is -3.40. The fraction of sp³-hybridized carbons (Fsp3) is 0.111. The summed E-state index contributed by atoms with van der Waals surface area (Å²) in [5.74, 6) is -0.423. The van der Waals surface area contributed by atoms with E-state index >= 15 is 0 Å². The molecule has 0 saturated carbocycles. The van der Waals surface area contributed by atoms with Crippen LogP contribution in [0.15, 0.2) is 139 Å². The molecule has 0 N–H and O–H groups in total. The third kappa shape index (κ3) is 5.11. The van der Waals surface area contributed by atoms with E-state index in [9.17, 15) is 8.78 Å². The Hall–Kier alpha value is -2.31. The zero-order chi connectivity index (χ0) is 27.9. The van der Waals surface area contributed by atoms with Crippen LogP contribution in [0, 0.1) is 11.6 Å². The Morgan fingerprint density at radius 2 is 0.857 bits per heavy atom. The van der Waals surface area contributed by atoms with Crippen molar-refractivity contribution in [3.63, 3.8) is 0 Å². The van der Waals surface area contributed by atoms with E-state index < -0.39 is 15.4 Å². The quantitative estimate of drug-likeness (QED) is 0.171. The first-order chi connectivity index (χ1) is 19.3. The number of rotatable bonds is 6. The van der Waals surface area contributed by atoms with Gasteiger partial charge in [0.1, 0.15) is 0 Å². The normalized spacial score (nSPS) is 15.2. The Morgan fingerprint density at radius 3 is 1.19 bits per heavy atom. The zero-order valence-electron chi connectivity index (χ0n) is 23.7.